The van der Waals surface area contributed by atoms with E-state index in [9.17, 15) is 8.42 Å². The van der Waals surface area contributed by atoms with E-state index in [4.69, 9.17) is 10.5 Å². The van der Waals surface area contributed by atoms with Gasteiger partial charge >= 0.3 is 0 Å². The van der Waals surface area contributed by atoms with Crippen LogP contribution in [0.25, 0.3) is 0 Å². The minimum absolute atomic E-state index is 0. The van der Waals surface area contributed by atoms with Crippen LogP contribution in [0.2, 0.25) is 0 Å². The molecule has 1 saturated heterocycles. The summed E-state index contributed by atoms with van der Waals surface area (Å²) >= 11 is 0. The Morgan fingerprint density at radius 3 is 2.44 bits per heavy atom. The second-order valence-electron chi connectivity index (χ2n) is 6.03. The molecule has 1 aromatic rings. The van der Waals surface area contributed by atoms with Crippen LogP contribution in [-0.2, 0) is 21.5 Å². The molecule has 0 unspecified atom stereocenters. The van der Waals surface area contributed by atoms with Gasteiger partial charge in [0, 0.05) is 32.8 Å². The number of halogens is 1. The minimum atomic E-state index is -3.43. The molecule has 0 aliphatic carbocycles. The normalized spacial score (nSPS) is 16.8. The molecule has 0 spiro atoms. The second-order valence-corrected chi connectivity index (χ2v) is 7.96. The van der Waals surface area contributed by atoms with Crippen LogP contribution in [0, 0.1) is 0 Å². The lowest BCUT2D eigenvalue weighted by molar-refractivity contribution is 0.0200. The Kier molecular flexibility index (Phi) is 9.92. The summed E-state index contributed by atoms with van der Waals surface area (Å²) in [7, 11) is -3.43. The molecule has 1 aromatic carbocycles. The average molecular weight is 392 g/mol. The van der Waals surface area contributed by atoms with Crippen LogP contribution in [0.5, 0.6) is 0 Å². The van der Waals surface area contributed by atoms with E-state index in [-0.39, 0.29) is 18.5 Å². The molecule has 0 aromatic heterocycles. The molecule has 0 radical (unpaired) electrons. The van der Waals surface area contributed by atoms with Gasteiger partial charge in [-0.1, -0.05) is 37.3 Å². The van der Waals surface area contributed by atoms with Gasteiger partial charge in [0.2, 0.25) is 0 Å². The maximum absolute atomic E-state index is 12.9. The Morgan fingerprint density at radius 1 is 1.24 bits per heavy atom. The average Bonchev–Trinajstić information content (AvgIpc) is 2.61. The molecule has 8 heteroatoms. The van der Waals surface area contributed by atoms with E-state index in [1.807, 2.05) is 37.3 Å². The zero-order valence-corrected chi connectivity index (χ0v) is 16.5. The van der Waals surface area contributed by atoms with Crippen LogP contribution < -0.4 is 5.73 Å². The van der Waals surface area contributed by atoms with E-state index in [2.05, 4.69) is 0 Å². The fourth-order valence-electron chi connectivity index (χ4n) is 2.87. The summed E-state index contributed by atoms with van der Waals surface area (Å²) in [6.45, 7) is 5.06. The molecule has 1 aliphatic rings. The maximum atomic E-state index is 12.9. The highest BCUT2D eigenvalue weighted by Crippen LogP contribution is 2.20. The Morgan fingerprint density at radius 2 is 1.88 bits per heavy atom. The molecule has 144 valence electrons. The van der Waals surface area contributed by atoms with Crippen LogP contribution in [0.4, 0.5) is 0 Å². The highest BCUT2D eigenvalue weighted by atomic mass is 35.5. The Labute approximate surface area is 157 Å². The molecule has 0 bridgehead atoms. The van der Waals surface area contributed by atoms with E-state index < -0.39 is 10.2 Å². The van der Waals surface area contributed by atoms with Crippen LogP contribution in [0.1, 0.15) is 31.7 Å². The largest absolute Gasteiger partial charge is 0.378 e. The summed E-state index contributed by atoms with van der Waals surface area (Å²) in [5.41, 5.74) is 6.46. The van der Waals surface area contributed by atoms with Gasteiger partial charge in [0.05, 0.1) is 6.10 Å². The smallest absolute Gasteiger partial charge is 0.282 e. The molecule has 0 saturated carbocycles. The van der Waals surface area contributed by atoms with Crippen molar-refractivity contribution in [1.82, 2.24) is 8.61 Å². The summed E-state index contributed by atoms with van der Waals surface area (Å²) in [5.74, 6) is 0. The van der Waals surface area contributed by atoms with E-state index in [1.165, 1.54) is 4.31 Å². The lowest BCUT2D eigenvalue weighted by Gasteiger charge is -2.34. The first-order valence-corrected chi connectivity index (χ1v) is 10.1. The third-order valence-electron chi connectivity index (χ3n) is 4.31. The molecule has 1 aliphatic heterocycles. The topological polar surface area (TPSA) is 75.9 Å². The van der Waals surface area contributed by atoms with E-state index in [0.717, 1.165) is 24.8 Å². The van der Waals surface area contributed by atoms with Crippen LogP contribution in [0.3, 0.4) is 0 Å². The van der Waals surface area contributed by atoms with Gasteiger partial charge in [-0.2, -0.15) is 17.0 Å². The zero-order chi connectivity index (χ0) is 17.4. The zero-order valence-electron chi connectivity index (χ0n) is 14.8. The van der Waals surface area contributed by atoms with Crippen molar-refractivity contribution >= 4 is 22.6 Å². The number of rotatable bonds is 9. The van der Waals surface area contributed by atoms with Crippen LogP contribution in [-0.4, -0.2) is 55.9 Å². The fraction of sp³-hybridized carbons (Fsp3) is 0.647. The molecule has 6 nitrogen and oxygen atoms in total. The number of ether oxygens (including phenoxy) is 1. The summed E-state index contributed by atoms with van der Waals surface area (Å²) in [6.07, 6.45) is 2.48. The molecular weight excluding hydrogens is 362 g/mol. The number of nitrogens with two attached hydrogens (primary N) is 1. The van der Waals surface area contributed by atoms with Gasteiger partial charge in [-0.25, -0.2) is 0 Å². The van der Waals surface area contributed by atoms with Crippen molar-refractivity contribution in [2.45, 2.75) is 38.8 Å². The molecule has 2 N–H and O–H groups in total. The number of hydrogen-bond acceptors (Lipinski definition) is 4. The monoisotopic (exact) mass is 391 g/mol. The lowest BCUT2D eigenvalue weighted by atomic mass is 10.1. The van der Waals surface area contributed by atoms with Crippen molar-refractivity contribution in [2.24, 2.45) is 5.73 Å². The Bertz CT molecular complexity index is 578. The van der Waals surface area contributed by atoms with Crippen LogP contribution >= 0.6 is 12.4 Å². The second kappa shape index (κ2) is 11.1. The van der Waals surface area contributed by atoms with Crippen molar-refractivity contribution in [3.05, 3.63) is 35.9 Å². The first-order valence-electron chi connectivity index (χ1n) is 8.68. The van der Waals surface area contributed by atoms with Crippen molar-refractivity contribution < 1.29 is 13.2 Å². The van der Waals surface area contributed by atoms with Gasteiger partial charge in [0.15, 0.2) is 0 Å². The first kappa shape index (κ1) is 22.3. The summed E-state index contributed by atoms with van der Waals surface area (Å²) in [6, 6.07) is 9.70. The Hall–Kier alpha value is -0.700. The van der Waals surface area contributed by atoms with Gasteiger partial charge in [-0.15, -0.1) is 12.4 Å². The van der Waals surface area contributed by atoms with Crippen molar-refractivity contribution in [3.8, 4) is 0 Å². The van der Waals surface area contributed by atoms with E-state index >= 15 is 0 Å². The molecular formula is C17H30ClN3O3S. The molecule has 1 fully saturated rings. The standard InChI is InChI=1S/C17H29N3O3S.ClH/c1-2-19(15-16-7-4-3-5-8-16)24(21,22)20-12-9-17(10-13-20)23-14-6-11-18;/h3-5,7-8,17H,2,6,9-15,18H2,1H3;1H. The quantitative estimate of drug-likeness (QED) is 0.653. The van der Waals surface area contributed by atoms with Crippen molar-refractivity contribution in [1.29, 1.82) is 0 Å². The maximum Gasteiger partial charge on any atom is 0.282 e. The third-order valence-corrected chi connectivity index (χ3v) is 6.37. The SMILES string of the molecule is CCN(Cc1ccccc1)S(=O)(=O)N1CCC(OCCCN)CC1.Cl. The van der Waals surface area contributed by atoms with Gasteiger partial charge in [0.1, 0.15) is 0 Å². The van der Waals surface area contributed by atoms with E-state index in [1.54, 1.807) is 4.31 Å². The summed E-state index contributed by atoms with van der Waals surface area (Å²) < 4.78 is 34.6. The lowest BCUT2D eigenvalue weighted by Crippen LogP contribution is -2.48. The summed E-state index contributed by atoms with van der Waals surface area (Å²) in [4.78, 5) is 0. The molecule has 0 atom stereocenters. The molecule has 2 rings (SSSR count). The number of piperidine rings is 1. The fourth-order valence-corrected chi connectivity index (χ4v) is 4.51. The predicted octanol–water partition coefficient (Wildman–Crippen LogP) is 2.00. The molecule has 0 amide bonds. The first-order chi connectivity index (χ1) is 11.6. The predicted molar refractivity (Wildman–Crippen MR) is 103 cm³/mol. The molecule has 1 heterocycles. The van der Waals surface area contributed by atoms with Gasteiger partial charge in [0.25, 0.3) is 10.2 Å². The minimum Gasteiger partial charge on any atom is -0.378 e. The van der Waals surface area contributed by atoms with Crippen LogP contribution in [0.15, 0.2) is 30.3 Å². The Balaban J connectivity index is 0.00000312. The van der Waals surface area contributed by atoms with E-state index in [0.29, 0.717) is 39.3 Å². The number of benzene rings is 1. The highest BCUT2D eigenvalue weighted by molar-refractivity contribution is 7.86. The summed E-state index contributed by atoms with van der Waals surface area (Å²) in [5, 5.41) is 0. The molecule has 25 heavy (non-hydrogen) atoms. The highest BCUT2D eigenvalue weighted by Gasteiger charge is 2.32. The third kappa shape index (κ3) is 6.51. The number of hydrogen-bond donors (Lipinski definition) is 1. The van der Waals surface area contributed by atoms with Gasteiger partial charge in [-0.3, -0.25) is 0 Å². The number of nitrogens with zero attached hydrogens (tertiary/aromatic N) is 2. The van der Waals surface area contributed by atoms with Gasteiger partial charge in [-0.05, 0) is 31.4 Å². The van der Waals surface area contributed by atoms with Crippen molar-refractivity contribution in [2.75, 3.05) is 32.8 Å². The van der Waals surface area contributed by atoms with Gasteiger partial charge < -0.3 is 10.5 Å². The van der Waals surface area contributed by atoms with Crippen molar-refractivity contribution in [3.63, 3.8) is 0 Å².